The summed E-state index contributed by atoms with van der Waals surface area (Å²) in [5, 5.41) is 4.98. The number of anilines is 1. The fourth-order valence-corrected chi connectivity index (χ4v) is 3.68. The molecule has 5 nitrogen and oxygen atoms in total. The average molecular weight is 368 g/mol. The second-order valence-corrected chi connectivity index (χ2v) is 7.93. The van der Waals surface area contributed by atoms with Crippen molar-refractivity contribution < 1.29 is 13.2 Å². The quantitative estimate of drug-likeness (QED) is 0.727. The van der Waals surface area contributed by atoms with E-state index in [1.807, 2.05) is 42.5 Å². The highest BCUT2D eigenvalue weighted by atomic mass is 32.2. The number of rotatable bonds is 6. The molecule has 6 heteroatoms. The molecule has 0 fully saturated rings. The lowest BCUT2D eigenvalue weighted by Gasteiger charge is -2.21. The monoisotopic (exact) mass is 368 g/mol. The van der Waals surface area contributed by atoms with E-state index in [9.17, 15) is 13.2 Å². The maximum absolute atomic E-state index is 12.4. The van der Waals surface area contributed by atoms with Gasteiger partial charge < -0.3 is 5.32 Å². The van der Waals surface area contributed by atoms with E-state index in [0.717, 1.165) is 26.9 Å². The molecule has 1 N–H and O–H groups in total. The summed E-state index contributed by atoms with van der Waals surface area (Å²) in [4.78, 5) is 12.4. The molecule has 0 aliphatic rings. The molecule has 0 atom stereocenters. The summed E-state index contributed by atoms with van der Waals surface area (Å²) in [5.74, 6) is -0.354. The fraction of sp³-hybridized carbons (Fsp3) is 0.150. The number of nitrogens with one attached hydrogen (secondary N) is 1. The maximum Gasteiger partial charge on any atom is 0.241 e. The Labute approximate surface area is 153 Å². The molecule has 0 aromatic heterocycles. The Hall–Kier alpha value is -2.86. The van der Waals surface area contributed by atoms with Crippen molar-refractivity contribution in [1.82, 2.24) is 5.32 Å². The molecule has 0 radical (unpaired) electrons. The summed E-state index contributed by atoms with van der Waals surface area (Å²) in [7, 11) is -3.56. The van der Waals surface area contributed by atoms with Crippen LogP contribution in [0.15, 0.2) is 72.8 Å². The van der Waals surface area contributed by atoms with Crippen molar-refractivity contribution in [1.29, 1.82) is 0 Å². The lowest BCUT2D eigenvalue weighted by atomic mass is 10.0. The second kappa shape index (κ2) is 7.58. The molecule has 0 heterocycles. The van der Waals surface area contributed by atoms with Gasteiger partial charge in [-0.3, -0.25) is 9.10 Å². The molecule has 0 saturated carbocycles. The van der Waals surface area contributed by atoms with Gasteiger partial charge in [-0.15, -0.1) is 0 Å². The summed E-state index contributed by atoms with van der Waals surface area (Å²) in [5.41, 5.74) is 1.46. The first kappa shape index (κ1) is 17.9. The molecular weight excluding hydrogens is 348 g/mol. The number of sulfonamides is 1. The van der Waals surface area contributed by atoms with E-state index < -0.39 is 10.0 Å². The van der Waals surface area contributed by atoms with Gasteiger partial charge in [-0.25, -0.2) is 8.42 Å². The Kier molecular flexibility index (Phi) is 5.23. The van der Waals surface area contributed by atoms with Crippen molar-refractivity contribution >= 4 is 32.4 Å². The minimum absolute atomic E-state index is 0.256. The SMILES string of the molecule is CS(=O)(=O)N(CC(=O)NCc1cccc2ccccc12)c1ccccc1. The third kappa shape index (κ3) is 4.21. The van der Waals surface area contributed by atoms with Gasteiger partial charge in [0.15, 0.2) is 0 Å². The van der Waals surface area contributed by atoms with Crippen LogP contribution in [0.4, 0.5) is 5.69 Å². The molecule has 0 bridgehead atoms. The van der Waals surface area contributed by atoms with Crippen LogP contribution in [0.3, 0.4) is 0 Å². The van der Waals surface area contributed by atoms with E-state index in [1.165, 1.54) is 0 Å². The van der Waals surface area contributed by atoms with Crippen molar-refractivity contribution in [3.8, 4) is 0 Å². The standard InChI is InChI=1S/C20H20N2O3S/c1-26(24,25)22(18-11-3-2-4-12-18)15-20(23)21-14-17-10-7-9-16-8-5-6-13-19(16)17/h2-13H,14-15H2,1H3,(H,21,23). The molecule has 3 rings (SSSR count). The summed E-state index contributed by atoms with van der Waals surface area (Å²) in [6.07, 6.45) is 1.10. The van der Waals surface area contributed by atoms with Crippen LogP contribution in [-0.2, 0) is 21.4 Å². The first-order chi connectivity index (χ1) is 12.4. The third-order valence-electron chi connectivity index (χ3n) is 4.09. The zero-order valence-electron chi connectivity index (χ0n) is 14.4. The minimum atomic E-state index is -3.56. The molecule has 1 amide bonds. The number of para-hydroxylation sites is 1. The van der Waals surface area contributed by atoms with Gasteiger partial charge in [0.1, 0.15) is 6.54 Å². The number of hydrogen-bond donors (Lipinski definition) is 1. The molecule has 134 valence electrons. The molecule has 26 heavy (non-hydrogen) atoms. The molecule has 3 aromatic carbocycles. The van der Waals surface area contributed by atoms with Gasteiger partial charge in [0.2, 0.25) is 15.9 Å². The van der Waals surface area contributed by atoms with E-state index in [-0.39, 0.29) is 12.5 Å². The van der Waals surface area contributed by atoms with Gasteiger partial charge in [0, 0.05) is 6.54 Å². The van der Waals surface area contributed by atoms with Crippen molar-refractivity contribution in [2.24, 2.45) is 0 Å². The zero-order chi connectivity index (χ0) is 18.6. The lowest BCUT2D eigenvalue weighted by Crippen LogP contribution is -2.40. The van der Waals surface area contributed by atoms with E-state index in [2.05, 4.69) is 5.32 Å². The number of nitrogens with zero attached hydrogens (tertiary/aromatic N) is 1. The highest BCUT2D eigenvalue weighted by Gasteiger charge is 2.20. The Balaban J connectivity index is 1.73. The number of benzene rings is 3. The normalized spacial score (nSPS) is 11.3. The van der Waals surface area contributed by atoms with Gasteiger partial charge in [-0.05, 0) is 28.5 Å². The first-order valence-electron chi connectivity index (χ1n) is 8.21. The van der Waals surface area contributed by atoms with E-state index in [0.29, 0.717) is 12.2 Å². The van der Waals surface area contributed by atoms with Crippen molar-refractivity contribution in [3.63, 3.8) is 0 Å². The molecule has 0 aliphatic heterocycles. The third-order valence-corrected chi connectivity index (χ3v) is 5.23. The summed E-state index contributed by atoms with van der Waals surface area (Å²) in [6.45, 7) is 0.0835. The van der Waals surface area contributed by atoms with Crippen LogP contribution >= 0.6 is 0 Å². The van der Waals surface area contributed by atoms with Crippen LogP contribution in [-0.4, -0.2) is 27.1 Å². The zero-order valence-corrected chi connectivity index (χ0v) is 15.2. The number of carbonyl (C=O) groups excluding carboxylic acids is 1. The molecule has 0 spiro atoms. The van der Waals surface area contributed by atoms with Crippen LogP contribution in [0, 0.1) is 0 Å². The summed E-state index contributed by atoms with van der Waals surface area (Å²) in [6, 6.07) is 22.5. The van der Waals surface area contributed by atoms with Gasteiger partial charge in [-0.2, -0.15) is 0 Å². The Morgan fingerprint density at radius 2 is 1.58 bits per heavy atom. The molecule has 0 saturated heterocycles. The number of amides is 1. The highest BCUT2D eigenvalue weighted by molar-refractivity contribution is 7.92. The van der Waals surface area contributed by atoms with Crippen molar-refractivity contribution in [2.75, 3.05) is 17.1 Å². The van der Waals surface area contributed by atoms with E-state index in [1.54, 1.807) is 30.3 Å². The number of hydrogen-bond acceptors (Lipinski definition) is 3. The van der Waals surface area contributed by atoms with Crippen LogP contribution < -0.4 is 9.62 Å². The molecular formula is C20H20N2O3S. The molecule has 0 unspecified atom stereocenters. The Morgan fingerprint density at radius 1 is 0.923 bits per heavy atom. The lowest BCUT2D eigenvalue weighted by molar-refractivity contribution is -0.119. The average Bonchev–Trinajstić information content (AvgIpc) is 2.64. The van der Waals surface area contributed by atoms with Crippen LogP contribution in [0.25, 0.3) is 10.8 Å². The smallest absolute Gasteiger partial charge is 0.241 e. The van der Waals surface area contributed by atoms with Gasteiger partial charge >= 0.3 is 0 Å². The minimum Gasteiger partial charge on any atom is -0.350 e. The van der Waals surface area contributed by atoms with Crippen molar-refractivity contribution in [3.05, 3.63) is 78.4 Å². The summed E-state index contributed by atoms with van der Waals surface area (Å²) >= 11 is 0. The second-order valence-electron chi connectivity index (χ2n) is 6.02. The number of carbonyl (C=O) groups is 1. The fourth-order valence-electron chi connectivity index (χ4n) is 2.82. The van der Waals surface area contributed by atoms with Crippen LogP contribution in [0.5, 0.6) is 0 Å². The van der Waals surface area contributed by atoms with E-state index in [4.69, 9.17) is 0 Å². The van der Waals surface area contributed by atoms with Crippen LogP contribution in [0.1, 0.15) is 5.56 Å². The molecule has 0 aliphatic carbocycles. The van der Waals surface area contributed by atoms with Gasteiger partial charge in [-0.1, -0.05) is 60.7 Å². The van der Waals surface area contributed by atoms with Crippen molar-refractivity contribution in [2.45, 2.75) is 6.54 Å². The predicted octanol–water partition coefficient (Wildman–Crippen LogP) is 2.92. The topological polar surface area (TPSA) is 66.5 Å². The van der Waals surface area contributed by atoms with Crippen LogP contribution in [0.2, 0.25) is 0 Å². The largest absolute Gasteiger partial charge is 0.350 e. The maximum atomic E-state index is 12.4. The predicted molar refractivity (Wildman–Crippen MR) is 104 cm³/mol. The number of fused-ring (bicyclic) bond motifs is 1. The van der Waals surface area contributed by atoms with Gasteiger partial charge in [0.05, 0.1) is 11.9 Å². The molecule has 3 aromatic rings. The summed E-state index contributed by atoms with van der Waals surface area (Å²) < 4.78 is 25.2. The first-order valence-corrected chi connectivity index (χ1v) is 10.1. The Morgan fingerprint density at radius 3 is 2.31 bits per heavy atom. The van der Waals surface area contributed by atoms with E-state index >= 15 is 0 Å². The van der Waals surface area contributed by atoms with Gasteiger partial charge in [0.25, 0.3) is 0 Å². The highest BCUT2D eigenvalue weighted by Crippen LogP contribution is 2.19. The Bertz CT molecular complexity index is 1010.